The molecule has 0 spiro atoms. The van der Waals surface area contributed by atoms with E-state index in [0.29, 0.717) is 17.5 Å². The Morgan fingerprint density at radius 2 is 2.20 bits per heavy atom. The van der Waals surface area contributed by atoms with Crippen molar-refractivity contribution in [2.75, 3.05) is 25.5 Å². The summed E-state index contributed by atoms with van der Waals surface area (Å²) in [5.41, 5.74) is 1.75. The monoisotopic (exact) mass is 296 g/mol. The van der Waals surface area contributed by atoms with Gasteiger partial charge < -0.3 is 10.4 Å². The molecule has 1 amide bonds. The molecule has 0 radical (unpaired) electrons. The number of rotatable bonds is 5. The number of likely N-dealkylation sites (N-methyl/N-ethyl adjacent to an activating group) is 1. The Bertz CT molecular complexity index is 487. The normalized spacial score (nSPS) is 21.6. The van der Waals surface area contributed by atoms with E-state index in [1.54, 1.807) is 6.07 Å². The van der Waals surface area contributed by atoms with E-state index in [-0.39, 0.29) is 12.0 Å². The van der Waals surface area contributed by atoms with Crippen molar-refractivity contribution in [1.29, 1.82) is 0 Å². The van der Waals surface area contributed by atoms with Gasteiger partial charge in [0.15, 0.2) is 0 Å². The van der Waals surface area contributed by atoms with Gasteiger partial charge in [0.05, 0.1) is 12.6 Å². The van der Waals surface area contributed by atoms with Crippen LogP contribution < -0.4 is 5.32 Å². The molecule has 1 saturated carbocycles. The van der Waals surface area contributed by atoms with Gasteiger partial charge in [0.2, 0.25) is 5.91 Å². The van der Waals surface area contributed by atoms with Gasteiger partial charge in [-0.25, -0.2) is 0 Å². The number of aliphatic hydroxyl groups is 1. The number of amides is 1. The van der Waals surface area contributed by atoms with E-state index in [4.69, 9.17) is 11.6 Å². The number of aryl methyl sites for hydroxylation is 1. The van der Waals surface area contributed by atoms with Crippen LogP contribution in [0.1, 0.15) is 18.4 Å². The smallest absolute Gasteiger partial charge is 0.238 e. The van der Waals surface area contributed by atoms with Gasteiger partial charge in [-0.15, -0.1) is 0 Å². The zero-order valence-electron chi connectivity index (χ0n) is 11.9. The lowest BCUT2D eigenvalue weighted by Crippen LogP contribution is -2.40. The lowest BCUT2D eigenvalue weighted by molar-refractivity contribution is -0.117. The Kier molecular flexibility index (Phi) is 5.02. The van der Waals surface area contributed by atoms with Gasteiger partial charge in [-0.3, -0.25) is 9.69 Å². The highest BCUT2D eigenvalue weighted by molar-refractivity contribution is 6.30. The van der Waals surface area contributed by atoms with Crippen LogP contribution in [0.2, 0.25) is 5.02 Å². The number of anilines is 1. The molecule has 110 valence electrons. The number of nitrogens with one attached hydrogen (secondary N) is 1. The molecular weight excluding hydrogens is 276 g/mol. The Labute approximate surface area is 124 Å². The van der Waals surface area contributed by atoms with Crippen LogP contribution in [0.15, 0.2) is 18.2 Å². The maximum atomic E-state index is 12.0. The predicted octanol–water partition coefficient (Wildman–Crippen LogP) is 2.29. The molecule has 2 rings (SSSR count). The van der Waals surface area contributed by atoms with Crippen LogP contribution in [-0.4, -0.2) is 42.2 Å². The van der Waals surface area contributed by atoms with Crippen molar-refractivity contribution in [3.05, 3.63) is 28.8 Å². The summed E-state index contributed by atoms with van der Waals surface area (Å²) in [7, 11) is 1.93. The molecule has 0 atom stereocenters. The fraction of sp³-hybridized carbons (Fsp3) is 0.533. The maximum absolute atomic E-state index is 12.0. The molecule has 4 nitrogen and oxygen atoms in total. The van der Waals surface area contributed by atoms with Crippen LogP contribution in [0, 0.1) is 12.8 Å². The average molecular weight is 297 g/mol. The summed E-state index contributed by atoms with van der Waals surface area (Å²) in [5.74, 6) is 0.484. The lowest BCUT2D eigenvalue weighted by atomic mass is 9.82. The van der Waals surface area contributed by atoms with Crippen molar-refractivity contribution >= 4 is 23.2 Å². The molecule has 1 aromatic carbocycles. The Morgan fingerprint density at radius 1 is 1.50 bits per heavy atom. The number of benzene rings is 1. The second-order valence-corrected chi connectivity index (χ2v) is 6.13. The fourth-order valence-corrected chi connectivity index (χ4v) is 2.78. The van der Waals surface area contributed by atoms with Crippen LogP contribution in [-0.2, 0) is 4.79 Å². The van der Waals surface area contributed by atoms with Crippen LogP contribution >= 0.6 is 11.6 Å². The lowest BCUT2D eigenvalue weighted by Gasteiger charge is -2.34. The van der Waals surface area contributed by atoms with Gasteiger partial charge in [-0.2, -0.15) is 0 Å². The minimum Gasteiger partial charge on any atom is -0.393 e. The third-order valence-corrected chi connectivity index (χ3v) is 3.89. The largest absolute Gasteiger partial charge is 0.393 e. The minimum absolute atomic E-state index is 0.0298. The van der Waals surface area contributed by atoms with Gasteiger partial charge in [-0.05, 0) is 56.5 Å². The first-order chi connectivity index (χ1) is 9.44. The summed E-state index contributed by atoms with van der Waals surface area (Å²) in [6.07, 6.45) is 1.56. The van der Waals surface area contributed by atoms with E-state index < -0.39 is 0 Å². The Morgan fingerprint density at radius 3 is 2.80 bits per heavy atom. The van der Waals surface area contributed by atoms with E-state index in [2.05, 4.69) is 5.32 Å². The minimum atomic E-state index is -0.140. The van der Waals surface area contributed by atoms with Crippen molar-refractivity contribution in [2.45, 2.75) is 25.9 Å². The van der Waals surface area contributed by atoms with Crippen molar-refractivity contribution in [2.24, 2.45) is 5.92 Å². The maximum Gasteiger partial charge on any atom is 0.238 e. The highest BCUT2D eigenvalue weighted by Gasteiger charge is 2.28. The molecule has 0 unspecified atom stereocenters. The summed E-state index contributed by atoms with van der Waals surface area (Å²) in [6.45, 7) is 3.12. The average Bonchev–Trinajstić information content (AvgIpc) is 2.30. The van der Waals surface area contributed by atoms with Crippen LogP contribution in [0.3, 0.4) is 0 Å². The first-order valence-corrected chi connectivity index (χ1v) is 7.24. The van der Waals surface area contributed by atoms with Gasteiger partial charge in [0.25, 0.3) is 0 Å². The Balaban J connectivity index is 1.79. The number of nitrogens with zero attached hydrogens (tertiary/aromatic N) is 1. The molecule has 1 aromatic rings. The van der Waals surface area contributed by atoms with Crippen molar-refractivity contribution < 1.29 is 9.90 Å². The van der Waals surface area contributed by atoms with Gasteiger partial charge in [-0.1, -0.05) is 11.6 Å². The number of carbonyl (C=O) groups excluding carboxylic acids is 1. The summed E-state index contributed by atoms with van der Waals surface area (Å²) >= 11 is 5.89. The highest BCUT2D eigenvalue weighted by Crippen LogP contribution is 2.27. The molecule has 0 bridgehead atoms. The number of hydrogen-bond donors (Lipinski definition) is 2. The quantitative estimate of drug-likeness (QED) is 0.876. The summed E-state index contributed by atoms with van der Waals surface area (Å²) in [4.78, 5) is 14.0. The zero-order chi connectivity index (χ0) is 14.7. The molecule has 2 N–H and O–H groups in total. The molecule has 20 heavy (non-hydrogen) atoms. The molecule has 1 aliphatic carbocycles. The van der Waals surface area contributed by atoms with E-state index in [0.717, 1.165) is 30.6 Å². The number of carbonyl (C=O) groups is 1. The third kappa shape index (κ3) is 4.20. The van der Waals surface area contributed by atoms with Crippen molar-refractivity contribution in [1.82, 2.24) is 4.90 Å². The molecule has 0 aliphatic heterocycles. The number of hydrogen-bond acceptors (Lipinski definition) is 3. The fourth-order valence-electron chi connectivity index (χ4n) is 2.56. The van der Waals surface area contributed by atoms with Gasteiger partial charge >= 0.3 is 0 Å². The van der Waals surface area contributed by atoms with E-state index in [1.807, 2.05) is 31.0 Å². The standard InChI is InChI=1S/C15H21ClN2O2/c1-10-5-12(16)3-4-14(10)17-15(20)9-18(2)8-11-6-13(19)7-11/h3-5,11,13,19H,6-9H2,1-2H3,(H,17,20). The number of halogens is 1. The molecule has 0 heterocycles. The highest BCUT2D eigenvalue weighted by atomic mass is 35.5. The molecule has 1 aliphatic rings. The first-order valence-electron chi connectivity index (χ1n) is 6.86. The van der Waals surface area contributed by atoms with Gasteiger partial charge in [0, 0.05) is 17.3 Å². The van der Waals surface area contributed by atoms with Gasteiger partial charge in [0.1, 0.15) is 0 Å². The molecule has 5 heteroatoms. The summed E-state index contributed by atoms with van der Waals surface area (Å²) in [6, 6.07) is 5.41. The Hall–Kier alpha value is -1.10. The van der Waals surface area contributed by atoms with E-state index >= 15 is 0 Å². The third-order valence-electron chi connectivity index (χ3n) is 3.66. The summed E-state index contributed by atoms with van der Waals surface area (Å²) < 4.78 is 0. The number of aliphatic hydroxyl groups excluding tert-OH is 1. The second kappa shape index (κ2) is 6.57. The predicted molar refractivity (Wildman–Crippen MR) is 81.0 cm³/mol. The molecule has 0 aromatic heterocycles. The van der Waals surface area contributed by atoms with E-state index in [1.165, 1.54) is 0 Å². The van der Waals surface area contributed by atoms with Crippen molar-refractivity contribution in [3.63, 3.8) is 0 Å². The second-order valence-electron chi connectivity index (χ2n) is 5.70. The van der Waals surface area contributed by atoms with Crippen LogP contribution in [0.25, 0.3) is 0 Å². The molecule has 0 saturated heterocycles. The molecule has 1 fully saturated rings. The summed E-state index contributed by atoms with van der Waals surface area (Å²) in [5, 5.41) is 12.8. The molecular formula is C15H21ClN2O2. The van der Waals surface area contributed by atoms with Crippen LogP contribution in [0.5, 0.6) is 0 Å². The van der Waals surface area contributed by atoms with E-state index in [9.17, 15) is 9.90 Å². The van der Waals surface area contributed by atoms with Crippen molar-refractivity contribution in [3.8, 4) is 0 Å². The first kappa shape index (κ1) is 15.3. The zero-order valence-corrected chi connectivity index (χ0v) is 12.7. The van der Waals surface area contributed by atoms with Crippen LogP contribution in [0.4, 0.5) is 5.69 Å². The SMILES string of the molecule is Cc1cc(Cl)ccc1NC(=O)CN(C)CC1CC(O)C1. The topological polar surface area (TPSA) is 52.6 Å².